The molecule has 0 spiro atoms. The zero-order valence-electron chi connectivity index (χ0n) is 13.5. The van der Waals surface area contributed by atoms with E-state index in [1.54, 1.807) is 6.07 Å². The van der Waals surface area contributed by atoms with Crippen LogP contribution in [0.2, 0.25) is 10.0 Å². The Morgan fingerprint density at radius 2 is 1.75 bits per heavy atom. The van der Waals surface area contributed by atoms with Gasteiger partial charge in [0.05, 0.1) is 5.02 Å². The van der Waals surface area contributed by atoms with Gasteiger partial charge in [-0.3, -0.25) is 0 Å². The van der Waals surface area contributed by atoms with Gasteiger partial charge in [0.1, 0.15) is 4.90 Å². The highest BCUT2D eigenvalue weighted by Crippen LogP contribution is 2.28. The van der Waals surface area contributed by atoms with E-state index in [1.807, 2.05) is 0 Å². The third-order valence-corrected chi connectivity index (χ3v) is 7.43. The van der Waals surface area contributed by atoms with E-state index in [9.17, 15) is 8.42 Å². The number of rotatable bonds is 4. The molecule has 0 bridgehead atoms. The van der Waals surface area contributed by atoms with Crippen molar-refractivity contribution in [3.8, 4) is 0 Å². The van der Waals surface area contributed by atoms with Gasteiger partial charge in [0.2, 0.25) is 10.0 Å². The number of piperidine rings is 1. The third kappa shape index (κ3) is 4.23. The van der Waals surface area contributed by atoms with E-state index < -0.39 is 10.0 Å². The second-order valence-corrected chi connectivity index (χ2v) is 9.22. The fraction of sp³-hybridized carbons (Fsp3) is 0.625. The molecule has 2 heterocycles. The zero-order chi connectivity index (χ0) is 17.2. The summed E-state index contributed by atoms with van der Waals surface area (Å²) >= 11 is 12.0. The lowest BCUT2D eigenvalue weighted by atomic mass is 9.97. The summed E-state index contributed by atoms with van der Waals surface area (Å²) in [6.45, 7) is 5.76. The largest absolute Gasteiger partial charge is 0.317 e. The van der Waals surface area contributed by atoms with Gasteiger partial charge in [0, 0.05) is 37.7 Å². The lowest BCUT2D eigenvalue weighted by molar-refractivity contribution is 0.152. The van der Waals surface area contributed by atoms with Crippen molar-refractivity contribution >= 4 is 33.2 Å². The highest BCUT2D eigenvalue weighted by molar-refractivity contribution is 7.89. The minimum Gasteiger partial charge on any atom is -0.317 e. The summed E-state index contributed by atoms with van der Waals surface area (Å²) in [5.41, 5.74) is 0. The van der Waals surface area contributed by atoms with Crippen LogP contribution in [-0.2, 0) is 10.0 Å². The van der Waals surface area contributed by atoms with E-state index in [0.29, 0.717) is 18.1 Å². The second-order valence-electron chi connectivity index (χ2n) is 6.47. The van der Waals surface area contributed by atoms with Crippen LogP contribution in [0.1, 0.15) is 12.8 Å². The summed E-state index contributed by atoms with van der Waals surface area (Å²) in [6.07, 6.45) is 2.41. The van der Waals surface area contributed by atoms with Gasteiger partial charge in [-0.05, 0) is 50.0 Å². The molecule has 5 nitrogen and oxygen atoms in total. The number of nitrogens with zero attached hydrogens (tertiary/aromatic N) is 2. The van der Waals surface area contributed by atoms with E-state index in [-0.39, 0.29) is 9.92 Å². The summed E-state index contributed by atoms with van der Waals surface area (Å²) in [5.74, 6) is 0.719. The molecule has 0 saturated carbocycles. The Morgan fingerprint density at radius 1 is 1.08 bits per heavy atom. The fourth-order valence-electron chi connectivity index (χ4n) is 3.40. The first kappa shape index (κ1) is 18.4. The monoisotopic (exact) mass is 391 g/mol. The van der Waals surface area contributed by atoms with Crippen LogP contribution in [0, 0.1) is 5.92 Å². The predicted molar refractivity (Wildman–Crippen MR) is 97.3 cm³/mol. The topological polar surface area (TPSA) is 52.7 Å². The summed E-state index contributed by atoms with van der Waals surface area (Å²) in [6, 6.07) is 4.56. The molecule has 3 rings (SSSR count). The molecule has 0 amide bonds. The number of sulfonamides is 1. The molecule has 1 aromatic carbocycles. The van der Waals surface area contributed by atoms with Crippen LogP contribution >= 0.6 is 23.2 Å². The highest BCUT2D eigenvalue weighted by Gasteiger charge is 2.31. The first-order chi connectivity index (χ1) is 11.5. The second kappa shape index (κ2) is 7.89. The fourth-order valence-corrected chi connectivity index (χ4v) is 5.56. The third-order valence-electron chi connectivity index (χ3n) is 4.82. The molecule has 0 atom stereocenters. The van der Waals surface area contributed by atoms with Crippen LogP contribution in [0.4, 0.5) is 0 Å². The average molecular weight is 392 g/mol. The lowest BCUT2D eigenvalue weighted by Gasteiger charge is -2.36. The molecule has 2 aliphatic heterocycles. The van der Waals surface area contributed by atoms with Gasteiger partial charge < -0.3 is 10.2 Å². The van der Waals surface area contributed by atoms with Gasteiger partial charge in [0.15, 0.2) is 0 Å². The number of hydrogen-bond donors (Lipinski definition) is 1. The zero-order valence-corrected chi connectivity index (χ0v) is 15.9. The van der Waals surface area contributed by atoms with Gasteiger partial charge >= 0.3 is 0 Å². The smallest absolute Gasteiger partial charge is 0.244 e. The van der Waals surface area contributed by atoms with Crippen LogP contribution in [0.5, 0.6) is 0 Å². The number of piperazine rings is 1. The van der Waals surface area contributed by atoms with Crippen molar-refractivity contribution in [2.45, 2.75) is 17.7 Å². The maximum atomic E-state index is 12.8. The molecule has 1 N–H and O–H groups in total. The number of nitrogens with one attached hydrogen (secondary N) is 1. The van der Waals surface area contributed by atoms with Crippen molar-refractivity contribution in [2.75, 3.05) is 45.8 Å². The molecule has 0 aliphatic carbocycles. The van der Waals surface area contributed by atoms with Crippen molar-refractivity contribution in [2.24, 2.45) is 5.92 Å². The van der Waals surface area contributed by atoms with E-state index >= 15 is 0 Å². The quantitative estimate of drug-likeness (QED) is 0.855. The van der Waals surface area contributed by atoms with Crippen molar-refractivity contribution in [3.63, 3.8) is 0 Å². The molecule has 0 aromatic heterocycles. The number of halogens is 2. The average Bonchev–Trinajstić information content (AvgIpc) is 2.58. The molecule has 1 aromatic rings. The molecule has 134 valence electrons. The molecular formula is C16H23Cl2N3O2S. The Kier molecular flexibility index (Phi) is 6.06. The summed E-state index contributed by atoms with van der Waals surface area (Å²) in [7, 11) is -3.59. The van der Waals surface area contributed by atoms with Crippen molar-refractivity contribution in [3.05, 3.63) is 28.2 Å². The van der Waals surface area contributed by atoms with E-state index in [1.165, 1.54) is 29.3 Å². The van der Waals surface area contributed by atoms with Gasteiger partial charge in [-0.1, -0.05) is 23.2 Å². The molecular weight excluding hydrogens is 369 g/mol. The van der Waals surface area contributed by atoms with Gasteiger partial charge in [-0.2, -0.15) is 4.31 Å². The van der Waals surface area contributed by atoms with E-state index in [0.717, 1.165) is 38.6 Å². The first-order valence-corrected chi connectivity index (χ1v) is 10.5. The first-order valence-electron chi connectivity index (χ1n) is 8.35. The minimum absolute atomic E-state index is 0.100. The van der Waals surface area contributed by atoms with Crippen LogP contribution in [0.15, 0.2) is 23.1 Å². The SMILES string of the molecule is O=S(=O)(c1cc(Cl)ccc1Cl)N1CCN(CC2CCNCC2)CC1. The lowest BCUT2D eigenvalue weighted by Crippen LogP contribution is -2.50. The maximum absolute atomic E-state index is 12.8. The Bertz CT molecular complexity index is 670. The Hall–Kier alpha value is -0.370. The molecule has 2 fully saturated rings. The Balaban J connectivity index is 1.62. The summed E-state index contributed by atoms with van der Waals surface area (Å²) in [4.78, 5) is 2.48. The van der Waals surface area contributed by atoms with Crippen molar-refractivity contribution < 1.29 is 8.42 Å². The van der Waals surface area contributed by atoms with Crippen molar-refractivity contribution in [1.82, 2.24) is 14.5 Å². The minimum atomic E-state index is -3.59. The molecule has 8 heteroatoms. The van der Waals surface area contributed by atoms with Crippen LogP contribution in [0.25, 0.3) is 0 Å². The van der Waals surface area contributed by atoms with Gasteiger partial charge in [0.25, 0.3) is 0 Å². The maximum Gasteiger partial charge on any atom is 0.244 e. The molecule has 2 saturated heterocycles. The molecule has 24 heavy (non-hydrogen) atoms. The normalized spacial score (nSPS) is 21.9. The summed E-state index contributed by atoms with van der Waals surface area (Å²) < 4.78 is 27.1. The molecule has 0 radical (unpaired) electrons. The summed E-state index contributed by atoms with van der Waals surface area (Å²) in [5, 5.41) is 3.97. The van der Waals surface area contributed by atoms with Gasteiger partial charge in [-0.25, -0.2) is 8.42 Å². The van der Waals surface area contributed by atoms with E-state index in [2.05, 4.69) is 10.2 Å². The van der Waals surface area contributed by atoms with Crippen LogP contribution < -0.4 is 5.32 Å². The van der Waals surface area contributed by atoms with E-state index in [4.69, 9.17) is 23.2 Å². The number of benzene rings is 1. The predicted octanol–water partition coefficient (Wildman–Crippen LogP) is 2.30. The molecule has 0 unspecified atom stereocenters. The van der Waals surface area contributed by atoms with Crippen molar-refractivity contribution in [1.29, 1.82) is 0 Å². The Labute approximate surface area is 154 Å². The Morgan fingerprint density at radius 3 is 2.42 bits per heavy atom. The number of hydrogen-bond acceptors (Lipinski definition) is 4. The highest BCUT2D eigenvalue weighted by atomic mass is 35.5. The van der Waals surface area contributed by atoms with Crippen LogP contribution in [0.3, 0.4) is 0 Å². The van der Waals surface area contributed by atoms with Crippen LogP contribution in [-0.4, -0.2) is 63.4 Å². The van der Waals surface area contributed by atoms with Gasteiger partial charge in [-0.15, -0.1) is 0 Å². The molecule has 2 aliphatic rings. The standard InChI is InChI=1S/C16H23Cl2N3O2S/c17-14-1-2-15(18)16(11-14)24(22,23)21-9-7-20(8-10-21)12-13-3-5-19-6-4-13/h1-2,11,13,19H,3-10,12H2.